The van der Waals surface area contributed by atoms with Gasteiger partial charge in [-0.25, -0.2) is 4.79 Å². The van der Waals surface area contributed by atoms with Crippen LogP contribution in [0.1, 0.15) is 76.8 Å². The second-order valence-corrected chi connectivity index (χ2v) is 19.1. The number of nitrogens with two attached hydrogens (primary N) is 2. The third-order valence-electron chi connectivity index (χ3n) is 12.6. The molecule has 2 aromatic rings. The van der Waals surface area contributed by atoms with Crippen LogP contribution in [0.15, 0.2) is 60.7 Å². The molecule has 0 spiro atoms. The van der Waals surface area contributed by atoms with Gasteiger partial charge in [-0.15, -0.1) is 0 Å². The fourth-order valence-corrected chi connectivity index (χ4v) is 8.22. The van der Waals surface area contributed by atoms with Crippen LogP contribution in [0, 0.1) is 5.92 Å². The number of likely N-dealkylation sites (tertiary alicyclic amines) is 1. The summed E-state index contributed by atoms with van der Waals surface area (Å²) in [6, 6.07) is 3.96. The van der Waals surface area contributed by atoms with E-state index in [1.807, 2.05) is 0 Å². The lowest BCUT2D eigenvalue weighted by molar-refractivity contribution is -0.144. The van der Waals surface area contributed by atoms with E-state index < -0.39 is 164 Å². The minimum atomic E-state index is -1.81. The van der Waals surface area contributed by atoms with E-state index in [0.717, 1.165) is 11.8 Å². The molecular formula is C51H75N11O16. The lowest BCUT2D eigenvalue weighted by Crippen LogP contribution is -2.62. The summed E-state index contributed by atoms with van der Waals surface area (Å²) in [5, 5.41) is 69.2. The van der Waals surface area contributed by atoms with Gasteiger partial charge in [0, 0.05) is 25.8 Å². The molecule has 430 valence electrons. The molecule has 9 amide bonds. The van der Waals surface area contributed by atoms with E-state index in [-0.39, 0.29) is 38.6 Å². The lowest BCUT2D eigenvalue weighted by Gasteiger charge is -2.31. The Morgan fingerprint density at radius 3 is 1.69 bits per heavy atom. The Morgan fingerprint density at radius 1 is 0.615 bits per heavy atom. The van der Waals surface area contributed by atoms with Gasteiger partial charge in [0.05, 0.1) is 31.9 Å². The van der Waals surface area contributed by atoms with E-state index >= 15 is 0 Å². The Labute approximate surface area is 450 Å². The van der Waals surface area contributed by atoms with Crippen LogP contribution in [0.2, 0.25) is 0 Å². The van der Waals surface area contributed by atoms with Gasteiger partial charge >= 0.3 is 11.9 Å². The normalized spacial score (nSPS) is 16.5. The first kappa shape index (κ1) is 64.7. The third kappa shape index (κ3) is 21.1. The standard InChI is InChI=1S/C51H75N11O16/c1-28(2)41(48(74)54-25-39(66)55-34(23-30-13-6-4-7-14-30)45(71)57-35(51(77)78)24-31-15-8-5-9-16-31)60-46(72)36(26-63)58-49(75)42(29(3)65)61-47(73)38-18-12-22-62(38)50(76)37(27-64)59-44(70)33(19-20-40(67)68)56-43(69)32(53)17-10-11-21-52/h4-9,13-16,28-29,32-38,41-42,63-65H,10-12,17-27,52-53H2,1-3H3,(H,54,74)(H,55,66)(H,56,69)(H,57,71)(H,58,75)(H,59,70)(H,60,72)(H,61,73)(H,67,68)(H,77,78)/t29-,32+,33+,34+,35+,36+,37+,38+,41+,42+/m1/s1. The highest BCUT2D eigenvalue weighted by molar-refractivity contribution is 5.98. The van der Waals surface area contributed by atoms with Crippen LogP contribution in [0.3, 0.4) is 0 Å². The van der Waals surface area contributed by atoms with Gasteiger partial charge in [0.2, 0.25) is 53.2 Å². The molecule has 1 fully saturated rings. The maximum Gasteiger partial charge on any atom is 0.326 e. The van der Waals surface area contributed by atoms with Crippen molar-refractivity contribution in [1.82, 2.24) is 47.4 Å². The second-order valence-electron chi connectivity index (χ2n) is 19.1. The summed E-state index contributed by atoms with van der Waals surface area (Å²) in [6.45, 7) is 1.76. The highest BCUT2D eigenvalue weighted by Crippen LogP contribution is 2.20. The first-order valence-electron chi connectivity index (χ1n) is 25.6. The number of aliphatic hydroxyl groups is 3. The van der Waals surface area contributed by atoms with Crippen LogP contribution in [-0.2, 0) is 65.6 Å². The van der Waals surface area contributed by atoms with Crippen molar-refractivity contribution in [3.05, 3.63) is 71.8 Å². The van der Waals surface area contributed by atoms with Crippen LogP contribution >= 0.6 is 0 Å². The highest BCUT2D eigenvalue weighted by Gasteiger charge is 2.41. The summed E-state index contributed by atoms with van der Waals surface area (Å²) in [4.78, 5) is 146. The zero-order valence-corrected chi connectivity index (χ0v) is 43.9. The number of unbranched alkanes of at least 4 members (excludes halogenated alkanes) is 1. The smallest absolute Gasteiger partial charge is 0.326 e. The molecule has 0 aromatic heterocycles. The fourth-order valence-electron chi connectivity index (χ4n) is 8.22. The lowest BCUT2D eigenvalue weighted by atomic mass is 10.0. The molecule has 27 nitrogen and oxygen atoms in total. The predicted octanol–water partition coefficient (Wildman–Crippen LogP) is -4.60. The monoisotopic (exact) mass is 1100 g/mol. The number of aliphatic carboxylic acids is 2. The maximum atomic E-state index is 13.8. The summed E-state index contributed by atoms with van der Waals surface area (Å²) in [5.74, 6) is -11.8. The molecule has 0 aliphatic carbocycles. The molecule has 1 heterocycles. The number of carbonyl (C=O) groups excluding carboxylic acids is 9. The van der Waals surface area contributed by atoms with Crippen LogP contribution in [-0.4, -0.2) is 189 Å². The van der Waals surface area contributed by atoms with Crippen LogP contribution in [0.5, 0.6) is 0 Å². The van der Waals surface area contributed by atoms with Gasteiger partial charge in [-0.2, -0.15) is 0 Å². The van der Waals surface area contributed by atoms with Crippen molar-refractivity contribution in [1.29, 1.82) is 0 Å². The van der Waals surface area contributed by atoms with Gasteiger partial charge in [0.15, 0.2) is 0 Å². The number of nitrogens with one attached hydrogen (secondary N) is 8. The number of hydrogen-bond acceptors (Lipinski definition) is 16. The molecule has 3 rings (SSSR count). The Kier molecular flexibility index (Phi) is 27.3. The Morgan fingerprint density at radius 2 is 1.15 bits per heavy atom. The summed E-state index contributed by atoms with van der Waals surface area (Å²) in [5.41, 5.74) is 12.7. The van der Waals surface area contributed by atoms with E-state index in [0.29, 0.717) is 30.5 Å². The van der Waals surface area contributed by atoms with Gasteiger partial charge in [-0.3, -0.25) is 47.9 Å². The number of hydrogen-bond donors (Lipinski definition) is 15. The molecule has 1 saturated heterocycles. The van der Waals surface area contributed by atoms with Crippen molar-refractivity contribution in [2.45, 2.75) is 139 Å². The average molecular weight is 1100 g/mol. The maximum absolute atomic E-state index is 13.8. The van der Waals surface area contributed by atoms with E-state index in [2.05, 4.69) is 42.5 Å². The summed E-state index contributed by atoms with van der Waals surface area (Å²) in [7, 11) is 0. The molecule has 0 radical (unpaired) electrons. The van der Waals surface area contributed by atoms with Crippen LogP contribution < -0.4 is 54.0 Å². The van der Waals surface area contributed by atoms with E-state index in [1.54, 1.807) is 74.5 Å². The average Bonchev–Trinajstić information content (AvgIpc) is 3.91. The number of nitrogens with zero attached hydrogens (tertiary/aromatic N) is 1. The number of carboxylic acid groups (broad SMARTS) is 2. The van der Waals surface area contributed by atoms with Crippen molar-refractivity contribution in [3.63, 3.8) is 0 Å². The molecule has 78 heavy (non-hydrogen) atoms. The number of rotatable bonds is 33. The third-order valence-corrected chi connectivity index (χ3v) is 12.6. The van der Waals surface area contributed by atoms with Crippen LogP contribution in [0.4, 0.5) is 0 Å². The Hall–Kier alpha value is -7.59. The minimum Gasteiger partial charge on any atom is -0.481 e. The van der Waals surface area contributed by atoms with E-state index in [9.17, 15) is 78.3 Å². The molecule has 17 N–H and O–H groups in total. The first-order chi connectivity index (χ1) is 37.0. The van der Waals surface area contributed by atoms with Crippen molar-refractivity contribution < 1.29 is 78.3 Å². The summed E-state index contributed by atoms with van der Waals surface area (Å²) >= 11 is 0. The van der Waals surface area contributed by atoms with E-state index in [1.165, 1.54) is 0 Å². The second kappa shape index (κ2) is 32.9. The SMILES string of the molecule is CC(C)[C@H](NC(=O)[C@H](CO)NC(=O)[C@@H](NC(=O)[C@@H]1CCCN1C(=O)[C@H](CO)NC(=O)[C@H](CCC(=O)O)NC(=O)[C@@H](N)CCCCN)[C@@H](C)O)C(=O)NCC(=O)N[C@@H](Cc1ccccc1)C(=O)N[C@@H](Cc1ccccc1)C(=O)O. The summed E-state index contributed by atoms with van der Waals surface area (Å²) < 4.78 is 0. The van der Waals surface area contributed by atoms with Gasteiger partial charge in [0.25, 0.3) is 0 Å². The van der Waals surface area contributed by atoms with Crippen molar-refractivity contribution in [2.24, 2.45) is 17.4 Å². The topological polar surface area (TPSA) is 440 Å². The predicted molar refractivity (Wildman–Crippen MR) is 278 cm³/mol. The quantitative estimate of drug-likeness (QED) is 0.0299. The molecule has 27 heteroatoms. The molecule has 0 unspecified atom stereocenters. The molecular weight excluding hydrogens is 1020 g/mol. The first-order valence-corrected chi connectivity index (χ1v) is 25.6. The van der Waals surface area contributed by atoms with Gasteiger partial charge in [-0.1, -0.05) is 80.9 Å². The highest BCUT2D eigenvalue weighted by atomic mass is 16.4. The Balaban J connectivity index is 1.65. The molecule has 2 aromatic carbocycles. The number of benzene rings is 2. The van der Waals surface area contributed by atoms with Crippen molar-refractivity contribution in [3.8, 4) is 0 Å². The molecule has 10 atom stereocenters. The van der Waals surface area contributed by atoms with E-state index in [4.69, 9.17) is 11.5 Å². The molecule has 0 bridgehead atoms. The Bertz CT molecular complexity index is 2360. The van der Waals surface area contributed by atoms with Gasteiger partial charge in [-0.05, 0) is 62.6 Å². The zero-order valence-electron chi connectivity index (χ0n) is 43.9. The largest absolute Gasteiger partial charge is 0.481 e. The number of aliphatic hydroxyl groups excluding tert-OH is 3. The molecule has 1 aliphatic heterocycles. The molecule has 1 aliphatic rings. The minimum absolute atomic E-state index is 0.0190. The van der Waals surface area contributed by atoms with Gasteiger partial charge in [0.1, 0.15) is 48.3 Å². The number of carbonyl (C=O) groups is 11. The van der Waals surface area contributed by atoms with Crippen molar-refractivity contribution >= 4 is 65.1 Å². The zero-order chi connectivity index (χ0) is 58.1. The summed E-state index contributed by atoms with van der Waals surface area (Å²) in [6.07, 6.45) is -1.17. The van der Waals surface area contributed by atoms with Crippen LogP contribution in [0.25, 0.3) is 0 Å². The van der Waals surface area contributed by atoms with Gasteiger partial charge < -0.3 is 84.4 Å². The number of carboxylic acids is 2. The number of amides is 9. The fraction of sp³-hybridized carbons (Fsp3) is 0.549. The van der Waals surface area contributed by atoms with Crippen molar-refractivity contribution in [2.75, 3.05) is 32.8 Å². The molecule has 0 saturated carbocycles.